The van der Waals surface area contributed by atoms with Gasteiger partial charge in [-0.2, -0.15) is 0 Å². The maximum atomic E-state index is 13.4. The highest BCUT2D eigenvalue weighted by Gasteiger charge is 2.39. The first-order valence-electron chi connectivity index (χ1n) is 11.4. The Bertz CT molecular complexity index is 954. The van der Waals surface area contributed by atoms with Gasteiger partial charge < -0.3 is 24.6 Å². The molecule has 2 aromatic rings. The number of hydrogen-bond acceptors (Lipinski definition) is 6. The summed E-state index contributed by atoms with van der Waals surface area (Å²) < 4.78 is 24.7. The van der Waals surface area contributed by atoms with Crippen LogP contribution in [0.15, 0.2) is 42.5 Å². The van der Waals surface area contributed by atoms with Crippen LogP contribution in [0.1, 0.15) is 18.4 Å². The van der Waals surface area contributed by atoms with Crippen LogP contribution in [-0.2, 0) is 4.74 Å². The van der Waals surface area contributed by atoms with Crippen LogP contribution < -0.4 is 9.64 Å². The van der Waals surface area contributed by atoms with E-state index in [1.807, 2.05) is 12.1 Å². The molecular formula is C25H32ClFN2O4. The summed E-state index contributed by atoms with van der Waals surface area (Å²) in [5.41, 5.74) is 0.376. The number of hydrogen-bond donors (Lipinski definition) is 2. The summed E-state index contributed by atoms with van der Waals surface area (Å²) in [5.74, 6) is -0.138. The van der Waals surface area contributed by atoms with Gasteiger partial charge in [0, 0.05) is 44.5 Å². The average Bonchev–Trinajstić information content (AvgIpc) is 2.97. The molecule has 2 saturated heterocycles. The van der Waals surface area contributed by atoms with E-state index in [4.69, 9.17) is 21.1 Å². The largest absolute Gasteiger partial charge is 0.490 e. The second-order valence-corrected chi connectivity index (χ2v) is 9.76. The van der Waals surface area contributed by atoms with E-state index in [9.17, 15) is 14.6 Å². The summed E-state index contributed by atoms with van der Waals surface area (Å²) in [7, 11) is 0. The van der Waals surface area contributed by atoms with Crippen LogP contribution in [0.3, 0.4) is 0 Å². The monoisotopic (exact) mass is 478 g/mol. The van der Waals surface area contributed by atoms with Crippen molar-refractivity contribution in [1.82, 2.24) is 4.90 Å². The van der Waals surface area contributed by atoms with Crippen LogP contribution in [-0.4, -0.2) is 78.9 Å². The van der Waals surface area contributed by atoms with Crippen molar-refractivity contribution in [3.63, 3.8) is 0 Å². The summed E-state index contributed by atoms with van der Waals surface area (Å²) in [6.07, 6.45) is 1.31. The quantitative estimate of drug-likeness (QED) is 0.664. The Kier molecular flexibility index (Phi) is 7.46. The van der Waals surface area contributed by atoms with Crippen LogP contribution in [0, 0.1) is 12.7 Å². The van der Waals surface area contributed by atoms with E-state index in [-0.39, 0.29) is 18.2 Å². The van der Waals surface area contributed by atoms with Crippen molar-refractivity contribution in [3.8, 4) is 5.75 Å². The smallest absolute Gasteiger partial charge is 0.142 e. The maximum absolute atomic E-state index is 13.4. The first kappa shape index (κ1) is 24.2. The van der Waals surface area contributed by atoms with Crippen molar-refractivity contribution in [2.45, 2.75) is 31.0 Å². The Morgan fingerprint density at radius 3 is 2.58 bits per heavy atom. The number of para-hydroxylation sites is 1. The van der Waals surface area contributed by atoms with Gasteiger partial charge in [-0.05, 0) is 43.5 Å². The predicted molar refractivity (Wildman–Crippen MR) is 127 cm³/mol. The normalized spacial score (nSPS) is 23.8. The molecule has 6 nitrogen and oxygen atoms in total. The average molecular weight is 479 g/mol. The fraction of sp³-hybridized carbons (Fsp3) is 0.520. The Morgan fingerprint density at radius 2 is 1.85 bits per heavy atom. The highest BCUT2D eigenvalue weighted by atomic mass is 35.5. The zero-order valence-electron chi connectivity index (χ0n) is 19.0. The molecule has 0 amide bonds. The second-order valence-electron chi connectivity index (χ2n) is 9.35. The van der Waals surface area contributed by atoms with Gasteiger partial charge >= 0.3 is 0 Å². The Morgan fingerprint density at radius 1 is 1.09 bits per heavy atom. The number of benzene rings is 2. The molecule has 0 spiro atoms. The second kappa shape index (κ2) is 10.2. The lowest BCUT2D eigenvalue weighted by Crippen LogP contribution is -2.55. The summed E-state index contributed by atoms with van der Waals surface area (Å²) >= 11 is 5.82. The Balaban J connectivity index is 1.34. The number of aliphatic hydroxyl groups is 2. The summed E-state index contributed by atoms with van der Waals surface area (Å²) in [6.45, 7) is 5.63. The standard InChI is InChI=1S/C25H32ClFN2O4/c1-19-4-2-3-5-23(19)29-10-8-24(30,9-11-29)15-28-12-13-32-17-25(31,16-28)18-33-20-6-7-22(27)21(26)14-20/h2-7,14,30-31H,8-13,15-18H2,1H3/t25-/m1/s1. The first-order valence-corrected chi connectivity index (χ1v) is 11.8. The van der Waals surface area contributed by atoms with Crippen LogP contribution in [0.5, 0.6) is 5.75 Å². The molecule has 2 heterocycles. The topological polar surface area (TPSA) is 65.4 Å². The maximum Gasteiger partial charge on any atom is 0.142 e. The molecule has 2 aromatic carbocycles. The number of piperidine rings is 1. The summed E-state index contributed by atoms with van der Waals surface area (Å²) in [5, 5.41) is 22.4. The fourth-order valence-corrected chi connectivity index (χ4v) is 4.83. The van der Waals surface area contributed by atoms with Crippen molar-refractivity contribution >= 4 is 17.3 Å². The molecule has 33 heavy (non-hydrogen) atoms. The number of ether oxygens (including phenoxy) is 2. The third-order valence-electron chi connectivity index (χ3n) is 6.51. The van der Waals surface area contributed by atoms with Crippen molar-refractivity contribution in [1.29, 1.82) is 0 Å². The van der Waals surface area contributed by atoms with Gasteiger partial charge in [-0.3, -0.25) is 4.90 Å². The van der Waals surface area contributed by atoms with Gasteiger partial charge in [-0.15, -0.1) is 0 Å². The molecule has 8 heteroatoms. The summed E-state index contributed by atoms with van der Waals surface area (Å²) in [4.78, 5) is 4.38. The van der Waals surface area contributed by atoms with Gasteiger partial charge in [0.1, 0.15) is 23.8 Å². The first-order chi connectivity index (χ1) is 15.8. The highest BCUT2D eigenvalue weighted by Crippen LogP contribution is 2.30. The molecule has 2 aliphatic rings. The van der Waals surface area contributed by atoms with Crippen LogP contribution in [0.4, 0.5) is 10.1 Å². The van der Waals surface area contributed by atoms with Crippen molar-refractivity contribution in [2.24, 2.45) is 0 Å². The minimum Gasteiger partial charge on any atom is -0.490 e. The molecular weight excluding hydrogens is 447 g/mol. The van der Waals surface area contributed by atoms with Crippen molar-refractivity contribution in [3.05, 3.63) is 58.9 Å². The van der Waals surface area contributed by atoms with Gasteiger partial charge in [0.2, 0.25) is 0 Å². The lowest BCUT2D eigenvalue weighted by atomic mass is 9.89. The van der Waals surface area contributed by atoms with Crippen LogP contribution in [0.25, 0.3) is 0 Å². The van der Waals surface area contributed by atoms with Crippen molar-refractivity contribution in [2.75, 3.05) is 57.4 Å². The molecule has 4 rings (SSSR count). The SMILES string of the molecule is Cc1ccccc1N1CCC(O)(CN2CCOC[C@@](O)(COc3ccc(F)c(Cl)c3)C2)CC1. The molecule has 0 saturated carbocycles. The van der Waals surface area contributed by atoms with Crippen LogP contribution in [0.2, 0.25) is 5.02 Å². The molecule has 2 aliphatic heterocycles. The molecule has 0 aromatic heterocycles. The van der Waals surface area contributed by atoms with E-state index in [0.717, 1.165) is 13.1 Å². The molecule has 0 radical (unpaired) electrons. The molecule has 180 valence electrons. The predicted octanol–water partition coefficient (Wildman–Crippen LogP) is 3.26. The molecule has 2 N–H and O–H groups in total. The third kappa shape index (κ3) is 6.16. The Labute approximate surface area is 199 Å². The van der Waals surface area contributed by atoms with E-state index in [1.165, 1.54) is 29.4 Å². The molecule has 0 unspecified atom stereocenters. The van der Waals surface area contributed by atoms with E-state index < -0.39 is 17.0 Å². The number of halogens is 2. The Hall–Kier alpha value is -1.90. The zero-order chi connectivity index (χ0) is 23.5. The highest BCUT2D eigenvalue weighted by molar-refractivity contribution is 6.30. The van der Waals surface area contributed by atoms with E-state index in [1.54, 1.807) is 0 Å². The molecule has 0 bridgehead atoms. The number of anilines is 1. The van der Waals surface area contributed by atoms with Crippen LogP contribution >= 0.6 is 11.6 Å². The van der Waals surface area contributed by atoms with Gasteiger partial charge in [0.25, 0.3) is 0 Å². The van der Waals surface area contributed by atoms with E-state index in [0.29, 0.717) is 44.8 Å². The minimum atomic E-state index is -1.25. The lowest BCUT2D eigenvalue weighted by molar-refractivity contribution is -0.0742. The molecule has 0 aliphatic carbocycles. The van der Waals surface area contributed by atoms with E-state index in [2.05, 4.69) is 28.9 Å². The number of rotatable bonds is 6. The molecule has 1 atom stereocenters. The minimum absolute atomic E-state index is 0.0229. The van der Waals surface area contributed by atoms with Crippen molar-refractivity contribution < 1.29 is 24.1 Å². The number of aryl methyl sites for hydroxylation is 1. The number of β-amino-alcohol motifs (C(OH)–C–C–N with tert-alkyl or cyclic N) is 2. The van der Waals surface area contributed by atoms with Gasteiger partial charge in [0.15, 0.2) is 0 Å². The number of nitrogens with zero attached hydrogens (tertiary/aromatic N) is 2. The molecule has 2 fully saturated rings. The van der Waals surface area contributed by atoms with Gasteiger partial charge in [0.05, 0.1) is 23.8 Å². The van der Waals surface area contributed by atoms with Gasteiger partial charge in [-0.25, -0.2) is 4.39 Å². The summed E-state index contributed by atoms with van der Waals surface area (Å²) in [6, 6.07) is 12.4. The lowest BCUT2D eigenvalue weighted by Gasteiger charge is -2.42. The zero-order valence-corrected chi connectivity index (χ0v) is 19.7. The van der Waals surface area contributed by atoms with E-state index >= 15 is 0 Å². The third-order valence-corrected chi connectivity index (χ3v) is 6.80. The van der Waals surface area contributed by atoms with Gasteiger partial charge in [-0.1, -0.05) is 29.8 Å². The fourth-order valence-electron chi connectivity index (χ4n) is 4.66.